The van der Waals surface area contributed by atoms with E-state index >= 15 is 0 Å². The number of ether oxygens (including phenoxy) is 1. The van der Waals surface area contributed by atoms with E-state index in [-0.39, 0.29) is 5.52 Å². The number of pyridine rings is 1. The fourth-order valence-electron chi connectivity index (χ4n) is 3.11. The zero-order chi connectivity index (χ0) is 17.4. The first-order valence-corrected chi connectivity index (χ1v) is 8.19. The molecule has 4 rings (SSSR count). The third-order valence-electron chi connectivity index (χ3n) is 4.44. The van der Waals surface area contributed by atoms with Gasteiger partial charge in [0, 0.05) is 24.3 Å². The summed E-state index contributed by atoms with van der Waals surface area (Å²) in [5, 5.41) is 0. The summed E-state index contributed by atoms with van der Waals surface area (Å²) in [6, 6.07) is 9.98. The molecule has 0 atom stereocenters. The lowest BCUT2D eigenvalue weighted by atomic mass is 10.1. The smallest absolute Gasteiger partial charge is 0.326 e. The molecule has 0 radical (unpaired) electrons. The summed E-state index contributed by atoms with van der Waals surface area (Å²) in [4.78, 5) is 35.1. The number of aromatic nitrogens is 3. The molecule has 3 aromatic rings. The molecule has 7 heteroatoms. The van der Waals surface area contributed by atoms with Crippen LogP contribution in [-0.4, -0.2) is 41.3 Å². The Hall–Kier alpha value is -2.93. The molecule has 0 spiro atoms. The van der Waals surface area contributed by atoms with Gasteiger partial charge in [0.2, 0.25) is 0 Å². The van der Waals surface area contributed by atoms with Crippen molar-refractivity contribution in [2.45, 2.75) is 6.92 Å². The summed E-state index contributed by atoms with van der Waals surface area (Å²) in [6.45, 7) is 5.11. The van der Waals surface area contributed by atoms with Gasteiger partial charge in [-0.15, -0.1) is 0 Å². The zero-order valence-electron chi connectivity index (χ0n) is 13.8. The molecule has 2 N–H and O–H groups in total. The van der Waals surface area contributed by atoms with Crippen molar-refractivity contribution in [3.63, 3.8) is 0 Å². The van der Waals surface area contributed by atoms with E-state index in [4.69, 9.17) is 4.74 Å². The number of fused-ring (bicyclic) bond motifs is 1. The highest BCUT2D eigenvalue weighted by atomic mass is 16.5. The lowest BCUT2D eigenvalue weighted by Gasteiger charge is -2.28. The number of nitrogens with one attached hydrogen (secondary N) is 2. The second kappa shape index (κ2) is 6.18. The summed E-state index contributed by atoms with van der Waals surface area (Å²) in [7, 11) is 0. The molecule has 0 unspecified atom stereocenters. The largest absolute Gasteiger partial charge is 0.378 e. The minimum atomic E-state index is -0.523. The van der Waals surface area contributed by atoms with Crippen LogP contribution in [0.3, 0.4) is 0 Å². The van der Waals surface area contributed by atoms with Crippen LogP contribution in [0.1, 0.15) is 5.56 Å². The van der Waals surface area contributed by atoms with Gasteiger partial charge in [-0.05, 0) is 30.7 Å². The second-order valence-corrected chi connectivity index (χ2v) is 6.10. The van der Waals surface area contributed by atoms with E-state index in [1.54, 1.807) is 0 Å². The summed E-state index contributed by atoms with van der Waals surface area (Å²) >= 11 is 0. The predicted octanol–water partition coefficient (Wildman–Crippen LogP) is 1.42. The highest BCUT2D eigenvalue weighted by molar-refractivity contribution is 5.80. The Balaban J connectivity index is 1.74. The molecule has 0 amide bonds. The van der Waals surface area contributed by atoms with Gasteiger partial charge in [0.15, 0.2) is 5.52 Å². The molecule has 1 saturated heterocycles. The van der Waals surface area contributed by atoms with E-state index in [9.17, 15) is 9.59 Å². The Morgan fingerprint density at radius 3 is 2.52 bits per heavy atom. The molecule has 2 aromatic heterocycles. The van der Waals surface area contributed by atoms with Crippen molar-refractivity contribution in [2.75, 3.05) is 31.2 Å². The first kappa shape index (κ1) is 15.6. The summed E-state index contributed by atoms with van der Waals surface area (Å²) in [5.41, 5.74) is 3.30. The van der Waals surface area contributed by atoms with E-state index < -0.39 is 11.2 Å². The molecule has 3 heterocycles. The van der Waals surface area contributed by atoms with Crippen molar-refractivity contribution in [1.29, 1.82) is 0 Å². The Labute approximate surface area is 143 Å². The van der Waals surface area contributed by atoms with Crippen LogP contribution in [0.15, 0.2) is 39.9 Å². The van der Waals surface area contributed by atoms with Gasteiger partial charge in [0.25, 0.3) is 5.56 Å². The van der Waals surface area contributed by atoms with Crippen molar-refractivity contribution in [1.82, 2.24) is 15.0 Å². The molecule has 0 saturated carbocycles. The number of aromatic amines is 2. The fraction of sp³-hybridized carbons (Fsp3) is 0.278. The molecular formula is C18H18N4O3. The van der Waals surface area contributed by atoms with Crippen molar-refractivity contribution in [3.8, 4) is 11.3 Å². The summed E-state index contributed by atoms with van der Waals surface area (Å²) < 4.78 is 5.38. The second-order valence-electron chi connectivity index (χ2n) is 6.10. The van der Waals surface area contributed by atoms with Crippen molar-refractivity contribution in [3.05, 3.63) is 56.7 Å². The Morgan fingerprint density at radius 1 is 1.08 bits per heavy atom. The highest BCUT2D eigenvalue weighted by Gasteiger charge is 2.12. The Bertz CT molecular complexity index is 1030. The van der Waals surface area contributed by atoms with Gasteiger partial charge in [-0.2, -0.15) is 0 Å². The van der Waals surface area contributed by atoms with Gasteiger partial charge >= 0.3 is 5.69 Å². The topological polar surface area (TPSA) is 91.1 Å². The van der Waals surface area contributed by atoms with Gasteiger partial charge in [-0.1, -0.05) is 12.1 Å². The average molecular weight is 338 g/mol. The maximum atomic E-state index is 12.0. The van der Waals surface area contributed by atoms with E-state index in [2.05, 4.69) is 32.0 Å². The van der Waals surface area contributed by atoms with E-state index in [0.717, 1.165) is 43.1 Å². The van der Waals surface area contributed by atoms with Crippen LogP contribution in [0.25, 0.3) is 22.3 Å². The lowest BCUT2D eigenvalue weighted by molar-refractivity contribution is 0.122. The van der Waals surface area contributed by atoms with Crippen LogP contribution in [0.2, 0.25) is 0 Å². The summed E-state index contributed by atoms with van der Waals surface area (Å²) in [6.07, 6.45) is 0. The van der Waals surface area contributed by atoms with Crippen LogP contribution in [0.4, 0.5) is 5.69 Å². The van der Waals surface area contributed by atoms with Crippen molar-refractivity contribution >= 4 is 16.7 Å². The molecule has 1 aliphatic rings. The first-order chi connectivity index (χ1) is 12.1. The molecule has 1 aliphatic heterocycles. The number of anilines is 1. The number of hydrogen-bond acceptors (Lipinski definition) is 5. The maximum Gasteiger partial charge on any atom is 0.326 e. The maximum absolute atomic E-state index is 12.0. The number of H-pyrrole nitrogens is 2. The van der Waals surface area contributed by atoms with Crippen molar-refractivity contribution < 1.29 is 4.74 Å². The van der Waals surface area contributed by atoms with Crippen LogP contribution in [0.5, 0.6) is 0 Å². The SMILES string of the molecule is Cc1cc(-c2ccc(N3CCOCC3)cc2)nc2c(=O)[nH]c(=O)[nH]c12. The number of nitrogens with zero attached hydrogens (tertiary/aromatic N) is 2. The van der Waals surface area contributed by atoms with Gasteiger partial charge < -0.3 is 14.6 Å². The number of morpholine rings is 1. The Kier molecular flexibility index (Phi) is 3.85. The molecule has 1 aromatic carbocycles. The summed E-state index contributed by atoms with van der Waals surface area (Å²) in [5.74, 6) is 0. The van der Waals surface area contributed by atoms with E-state index in [1.807, 2.05) is 25.1 Å². The predicted molar refractivity (Wildman–Crippen MR) is 96.2 cm³/mol. The molecule has 1 fully saturated rings. The molecule has 7 nitrogen and oxygen atoms in total. The first-order valence-electron chi connectivity index (χ1n) is 8.19. The monoisotopic (exact) mass is 338 g/mol. The third-order valence-corrected chi connectivity index (χ3v) is 4.44. The molecule has 0 bridgehead atoms. The molecule has 25 heavy (non-hydrogen) atoms. The number of rotatable bonds is 2. The molecule has 0 aliphatic carbocycles. The number of hydrogen-bond donors (Lipinski definition) is 2. The minimum Gasteiger partial charge on any atom is -0.378 e. The number of aryl methyl sites for hydroxylation is 1. The van der Waals surface area contributed by atoms with Gasteiger partial charge in [0.1, 0.15) is 0 Å². The quantitative estimate of drug-likeness (QED) is 0.737. The fourth-order valence-corrected chi connectivity index (χ4v) is 3.11. The van der Waals surface area contributed by atoms with Gasteiger partial charge in [-0.3, -0.25) is 9.78 Å². The van der Waals surface area contributed by atoms with Crippen LogP contribution in [-0.2, 0) is 4.74 Å². The normalized spacial score (nSPS) is 14.8. The Morgan fingerprint density at radius 2 is 1.80 bits per heavy atom. The number of benzene rings is 1. The molecule has 128 valence electrons. The zero-order valence-corrected chi connectivity index (χ0v) is 13.8. The van der Waals surface area contributed by atoms with Crippen LogP contribution in [0, 0.1) is 6.92 Å². The van der Waals surface area contributed by atoms with E-state index in [1.165, 1.54) is 0 Å². The van der Waals surface area contributed by atoms with E-state index in [0.29, 0.717) is 11.2 Å². The lowest BCUT2D eigenvalue weighted by Crippen LogP contribution is -2.36. The van der Waals surface area contributed by atoms with Crippen molar-refractivity contribution in [2.24, 2.45) is 0 Å². The van der Waals surface area contributed by atoms with Gasteiger partial charge in [0.05, 0.1) is 24.4 Å². The van der Waals surface area contributed by atoms with Crippen LogP contribution >= 0.6 is 0 Å². The average Bonchev–Trinajstić information content (AvgIpc) is 2.63. The standard InChI is InChI=1S/C18H18N4O3/c1-11-10-14(19-16-15(11)20-18(24)21-17(16)23)12-2-4-13(5-3-12)22-6-8-25-9-7-22/h2-5,10H,6-9H2,1H3,(H2,20,21,23,24). The van der Waals surface area contributed by atoms with Crippen LogP contribution < -0.4 is 16.1 Å². The minimum absolute atomic E-state index is 0.242. The molecular weight excluding hydrogens is 320 g/mol. The highest BCUT2D eigenvalue weighted by Crippen LogP contribution is 2.24. The third kappa shape index (κ3) is 2.94. The van der Waals surface area contributed by atoms with Gasteiger partial charge in [-0.25, -0.2) is 9.78 Å².